The van der Waals surface area contributed by atoms with E-state index in [0.29, 0.717) is 6.54 Å². The molecule has 2 aromatic heterocycles. The molecule has 0 atom stereocenters. The molecule has 4 nitrogen and oxygen atoms in total. The normalized spacial score (nSPS) is 11.0. The number of aromatic nitrogens is 3. The highest BCUT2D eigenvalue weighted by molar-refractivity contribution is 5.45. The monoisotopic (exact) mass is 190 g/mol. The topological polar surface area (TPSA) is 56.2 Å². The first-order valence-electron chi connectivity index (χ1n) is 4.82. The fraction of sp³-hybridized carbons (Fsp3) is 0.400. The summed E-state index contributed by atoms with van der Waals surface area (Å²) in [5.41, 5.74) is 7.53. The van der Waals surface area contributed by atoms with E-state index in [1.807, 2.05) is 29.8 Å². The lowest BCUT2D eigenvalue weighted by molar-refractivity contribution is 0.774. The first-order chi connectivity index (χ1) is 6.81. The molecular formula is C10H14N4. The van der Waals surface area contributed by atoms with E-state index in [4.69, 9.17) is 5.73 Å². The van der Waals surface area contributed by atoms with E-state index < -0.39 is 0 Å². The van der Waals surface area contributed by atoms with Gasteiger partial charge in [0.2, 0.25) is 0 Å². The van der Waals surface area contributed by atoms with Crippen molar-refractivity contribution < 1.29 is 0 Å². The fourth-order valence-electron chi connectivity index (χ4n) is 1.45. The summed E-state index contributed by atoms with van der Waals surface area (Å²) in [5.74, 6) is 0.879. The summed E-state index contributed by atoms with van der Waals surface area (Å²) in [6.45, 7) is 2.73. The van der Waals surface area contributed by atoms with Gasteiger partial charge in [-0.15, -0.1) is 0 Å². The van der Waals surface area contributed by atoms with E-state index in [9.17, 15) is 0 Å². The Hall–Kier alpha value is -1.42. The largest absolute Gasteiger partial charge is 0.330 e. The summed E-state index contributed by atoms with van der Waals surface area (Å²) < 4.78 is 1.82. The number of rotatable bonds is 3. The van der Waals surface area contributed by atoms with Crippen LogP contribution >= 0.6 is 0 Å². The van der Waals surface area contributed by atoms with Crippen molar-refractivity contribution in [1.82, 2.24) is 14.6 Å². The van der Waals surface area contributed by atoms with Crippen LogP contribution in [0.15, 0.2) is 18.3 Å². The van der Waals surface area contributed by atoms with Crippen molar-refractivity contribution in [1.29, 1.82) is 0 Å². The Morgan fingerprint density at radius 2 is 2.36 bits per heavy atom. The van der Waals surface area contributed by atoms with Gasteiger partial charge in [0.25, 0.3) is 0 Å². The van der Waals surface area contributed by atoms with Gasteiger partial charge in [-0.25, -0.2) is 9.50 Å². The first-order valence-corrected chi connectivity index (χ1v) is 4.82. The lowest BCUT2D eigenvalue weighted by atomic mass is 10.3. The zero-order valence-electron chi connectivity index (χ0n) is 8.27. The SMILES string of the molecule is Cc1cccn2nc(CCCN)nc12. The van der Waals surface area contributed by atoms with Gasteiger partial charge in [-0.2, -0.15) is 5.10 Å². The van der Waals surface area contributed by atoms with E-state index in [0.717, 1.165) is 29.9 Å². The number of hydrogen-bond donors (Lipinski definition) is 1. The molecule has 2 rings (SSSR count). The molecule has 4 heteroatoms. The van der Waals surface area contributed by atoms with E-state index in [1.54, 1.807) is 0 Å². The molecule has 2 heterocycles. The second-order valence-corrected chi connectivity index (χ2v) is 3.38. The van der Waals surface area contributed by atoms with Crippen LogP contribution in [0.1, 0.15) is 17.8 Å². The Labute approximate surface area is 82.8 Å². The van der Waals surface area contributed by atoms with Gasteiger partial charge in [-0.3, -0.25) is 0 Å². The van der Waals surface area contributed by atoms with Gasteiger partial charge in [-0.1, -0.05) is 6.07 Å². The minimum atomic E-state index is 0.689. The van der Waals surface area contributed by atoms with Crippen LogP contribution in [0.2, 0.25) is 0 Å². The molecule has 0 spiro atoms. The quantitative estimate of drug-likeness (QED) is 0.783. The van der Waals surface area contributed by atoms with Crippen molar-refractivity contribution in [2.75, 3.05) is 6.54 Å². The second kappa shape index (κ2) is 3.75. The van der Waals surface area contributed by atoms with Crippen molar-refractivity contribution in [3.05, 3.63) is 29.7 Å². The molecule has 0 unspecified atom stereocenters. The highest BCUT2D eigenvalue weighted by Gasteiger charge is 2.03. The zero-order valence-corrected chi connectivity index (χ0v) is 8.27. The Morgan fingerprint density at radius 1 is 1.50 bits per heavy atom. The van der Waals surface area contributed by atoms with Crippen LogP contribution in [-0.4, -0.2) is 21.1 Å². The summed E-state index contributed by atoms with van der Waals surface area (Å²) in [7, 11) is 0. The molecule has 14 heavy (non-hydrogen) atoms. The van der Waals surface area contributed by atoms with Crippen LogP contribution in [0.3, 0.4) is 0 Å². The Bertz CT molecular complexity index is 433. The van der Waals surface area contributed by atoms with Crippen LogP contribution in [-0.2, 0) is 6.42 Å². The first kappa shape index (κ1) is 9.15. The number of nitrogens with two attached hydrogens (primary N) is 1. The standard InChI is InChI=1S/C10H14N4/c1-8-4-3-7-14-10(8)12-9(13-14)5-2-6-11/h3-4,7H,2,5-6,11H2,1H3. The Balaban J connectivity index is 2.36. The Morgan fingerprint density at radius 3 is 3.07 bits per heavy atom. The second-order valence-electron chi connectivity index (χ2n) is 3.38. The number of nitrogens with zero attached hydrogens (tertiary/aromatic N) is 3. The highest BCUT2D eigenvalue weighted by atomic mass is 15.3. The van der Waals surface area contributed by atoms with Crippen LogP contribution in [0.5, 0.6) is 0 Å². The molecule has 0 amide bonds. The lowest BCUT2D eigenvalue weighted by Gasteiger charge is -1.92. The highest BCUT2D eigenvalue weighted by Crippen LogP contribution is 2.07. The van der Waals surface area contributed by atoms with Gasteiger partial charge in [0.15, 0.2) is 11.5 Å². The molecule has 0 aliphatic heterocycles. The molecule has 0 saturated heterocycles. The fourth-order valence-corrected chi connectivity index (χ4v) is 1.45. The molecule has 0 saturated carbocycles. The molecule has 0 aromatic carbocycles. The average molecular weight is 190 g/mol. The van der Waals surface area contributed by atoms with Gasteiger partial charge >= 0.3 is 0 Å². The molecule has 0 fully saturated rings. The molecule has 0 radical (unpaired) electrons. The average Bonchev–Trinajstić information content (AvgIpc) is 2.59. The van der Waals surface area contributed by atoms with Crippen LogP contribution in [0, 0.1) is 6.92 Å². The van der Waals surface area contributed by atoms with Crippen molar-refractivity contribution in [3.8, 4) is 0 Å². The smallest absolute Gasteiger partial charge is 0.158 e. The van der Waals surface area contributed by atoms with E-state index >= 15 is 0 Å². The number of hydrogen-bond acceptors (Lipinski definition) is 3. The van der Waals surface area contributed by atoms with Crippen molar-refractivity contribution in [2.24, 2.45) is 5.73 Å². The van der Waals surface area contributed by atoms with E-state index in [1.165, 1.54) is 0 Å². The van der Waals surface area contributed by atoms with Crippen molar-refractivity contribution >= 4 is 5.65 Å². The Kier molecular flexibility index (Phi) is 2.45. The molecular weight excluding hydrogens is 176 g/mol. The summed E-state index contributed by atoms with van der Waals surface area (Å²) in [6.07, 6.45) is 3.72. The summed E-state index contributed by atoms with van der Waals surface area (Å²) >= 11 is 0. The summed E-state index contributed by atoms with van der Waals surface area (Å²) in [6, 6.07) is 4.01. The zero-order chi connectivity index (χ0) is 9.97. The van der Waals surface area contributed by atoms with Crippen molar-refractivity contribution in [2.45, 2.75) is 19.8 Å². The predicted molar refractivity (Wildman–Crippen MR) is 55.1 cm³/mol. The molecule has 0 aliphatic carbocycles. The van der Waals surface area contributed by atoms with Gasteiger partial charge in [0.1, 0.15) is 0 Å². The molecule has 2 N–H and O–H groups in total. The molecule has 0 bridgehead atoms. The maximum Gasteiger partial charge on any atom is 0.158 e. The van der Waals surface area contributed by atoms with Gasteiger partial charge in [0, 0.05) is 12.6 Å². The van der Waals surface area contributed by atoms with E-state index in [-0.39, 0.29) is 0 Å². The van der Waals surface area contributed by atoms with E-state index in [2.05, 4.69) is 10.1 Å². The molecule has 74 valence electrons. The maximum atomic E-state index is 5.44. The van der Waals surface area contributed by atoms with Crippen molar-refractivity contribution in [3.63, 3.8) is 0 Å². The maximum absolute atomic E-state index is 5.44. The van der Waals surface area contributed by atoms with Crippen LogP contribution in [0.4, 0.5) is 0 Å². The van der Waals surface area contributed by atoms with Crippen LogP contribution in [0.25, 0.3) is 5.65 Å². The van der Waals surface area contributed by atoms with Gasteiger partial charge in [-0.05, 0) is 31.5 Å². The third-order valence-corrected chi connectivity index (χ3v) is 2.21. The molecule has 0 aliphatic rings. The number of aryl methyl sites for hydroxylation is 2. The minimum absolute atomic E-state index is 0.689. The van der Waals surface area contributed by atoms with Crippen LogP contribution < -0.4 is 5.73 Å². The summed E-state index contributed by atoms with van der Waals surface area (Å²) in [5, 5.41) is 4.36. The predicted octanol–water partition coefficient (Wildman–Crippen LogP) is 0.929. The minimum Gasteiger partial charge on any atom is -0.330 e. The third kappa shape index (κ3) is 1.61. The molecule has 2 aromatic rings. The lowest BCUT2D eigenvalue weighted by Crippen LogP contribution is -2.01. The summed E-state index contributed by atoms with van der Waals surface area (Å²) in [4.78, 5) is 4.45. The van der Waals surface area contributed by atoms with Gasteiger partial charge in [0.05, 0.1) is 0 Å². The number of pyridine rings is 1. The number of fused-ring (bicyclic) bond motifs is 1. The van der Waals surface area contributed by atoms with Gasteiger partial charge < -0.3 is 5.73 Å². The third-order valence-electron chi connectivity index (χ3n) is 2.21.